The fourth-order valence-electron chi connectivity index (χ4n) is 3.02. The quantitative estimate of drug-likeness (QED) is 0.910. The number of methoxy groups -OCH3 is 1. The molecule has 2 aromatic rings. The van der Waals surface area contributed by atoms with Crippen LogP contribution in [0.4, 0.5) is 4.39 Å². The average Bonchev–Trinajstić information content (AvgIpc) is 2.46. The standard InChI is InChI=1S/C17H18FNO/c1-20-14-6-7-15(16(18)10-14)17(19)9-8-12-4-2-3-5-13(12)11-17/h2-7,10H,8-9,11,19H2,1H3. The van der Waals surface area contributed by atoms with Crippen LogP contribution in [0, 0.1) is 5.82 Å². The Kier molecular flexibility index (Phi) is 3.22. The fraction of sp³-hybridized carbons (Fsp3) is 0.294. The predicted octanol–water partition coefficient (Wildman–Crippen LogP) is 3.18. The molecule has 0 saturated carbocycles. The Hall–Kier alpha value is -1.87. The lowest BCUT2D eigenvalue weighted by atomic mass is 9.74. The molecule has 1 aliphatic carbocycles. The van der Waals surface area contributed by atoms with Gasteiger partial charge in [-0.05, 0) is 36.5 Å². The summed E-state index contributed by atoms with van der Waals surface area (Å²) >= 11 is 0. The first-order valence-corrected chi connectivity index (χ1v) is 6.82. The predicted molar refractivity (Wildman–Crippen MR) is 77.3 cm³/mol. The van der Waals surface area contributed by atoms with Crippen molar-refractivity contribution in [2.45, 2.75) is 24.8 Å². The number of hydrogen-bond donors (Lipinski definition) is 1. The Morgan fingerprint density at radius 3 is 2.60 bits per heavy atom. The molecule has 2 nitrogen and oxygen atoms in total. The lowest BCUT2D eigenvalue weighted by Crippen LogP contribution is -2.42. The summed E-state index contributed by atoms with van der Waals surface area (Å²) < 4.78 is 19.3. The maximum absolute atomic E-state index is 14.3. The van der Waals surface area contributed by atoms with Crippen LogP contribution in [-0.2, 0) is 18.4 Å². The van der Waals surface area contributed by atoms with Crippen molar-refractivity contribution in [3.8, 4) is 5.75 Å². The van der Waals surface area contributed by atoms with Gasteiger partial charge in [0.15, 0.2) is 0 Å². The molecule has 0 heterocycles. The van der Waals surface area contributed by atoms with Crippen LogP contribution in [-0.4, -0.2) is 7.11 Å². The van der Waals surface area contributed by atoms with E-state index < -0.39 is 5.54 Å². The Morgan fingerprint density at radius 1 is 1.15 bits per heavy atom. The van der Waals surface area contributed by atoms with Crippen LogP contribution in [0.15, 0.2) is 42.5 Å². The SMILES string of the molecule is COc1ccc(C2(N)CCc3ccccc3C2)c(F)c1. The zero-order chi connectivity index (χ0) is 14.2. The molecule has 0 aliphatic heterocycles. The summed E-state index contributed by atoms with van der Waals surface area (Å²) in [6.45, 7) is 0. The number of aryl methyl sites for hydroxylation is 1. The Balaban J connectivity index is 1.98. The Morgan fingerprint density at radius 2 is 1.90 bits per heavy atom. The largest absolute Gasteiger partial charge is 0.497 e. The summed E-state index contributed by atoms with van der Waals surface area (Å²) in [6.07, 6.45) is 2.32. The van der Waals surface area contributed by atoms with Gasteiger partial charge in [0.05, 0.1) is 7.11 Å². The van der Waals surface area contributed by atoms with Crippen molar-refractivity contribution in [3.63, 3.8) is 0 Å². The molecule has 1 aliphatic rings. The van der Waals surface area contributed by atoms with E-state index in [9.17, 15) is 4.39 Å². The number of nitrogens with two attached hydrogens (primary N) is 1. The first-order valence-electron chi connectivity index (χ1n) is 6.82. The van der Waals surface area contributed by atoms with Crippen LogP contribution in [0.25, 0.3) is 0 Å². The summed E-state index contributed by atoms with van der Waals surface area (Å²) in [5.74, 6) is 0.234. The smallest absolute Gasteiger partial charge is 0.131 e. The van der Waals surface area contributed by atoms with E-state index in [0.717, 1.165) is 12.8 Å². The van der Waals surface area contributed by atoms with Crippen LogP contribution in [0.2, 0.25) is 0 Å². The molecule has 2 aromatic carbocycles. The molecule has 104 valence electrons. The number of halogens is 1. The molecule has 3 heteroatoms. The third-order valence-corrected chi connectivity index (χ3v) is 4.18. The lowest BCUT2D eigenvalue weighted by molar-refractivity contribution is 0.364. The minimum atomic E-state index is -0.634. The van der Waals surface area contributed by atoms with E-state index in [4.69, 9.17) is 10.5 Å². The maximum atomic E-state index is 14.3. The fourth-order valence-corrected chi connectivity index (χ4v) is 3.02. The van der Waals surface area contributed by atoms with Crippen molar-refractivity contribution < 1.29 is 9.13 Å². The van der Waals surface area contributed by atoms with E-state index in [2.05, 4.69) is 12.1 Å². The van der Waals surface area contributed by atoms with Crippen LogP contribution in [0.1, 0.15) is 23.1 Å². The molecule has 3 rings (SSSR count). The highest BCUT2D eigenvalue weighted by molar-refractivity contribution is 5.39. The van der Waals surface area contributed by atoms with Crippen LogP contribution < -0.4 is 10.5 Å². The third-order valence-electron chi connectivity index (χ3n) is 4.18. The number of ether oxygens (including phenoxy) is 1. The van der Waals surface area contributed by atoms with E-state index in [-0.39, 0.29) is 5.82 Å². The van der Waals surface area contributed by atoms with Crippen molar-refractivity contribution in [2.75, 3.05) is 7.11 Å². The van der Waals surface area contributed by atoms with Crippen molar-refractivity contribution in [2.24, 2.45) is 5.73 Å². The van der Waals surface area contributed by atoms with E-state index >= 15 is 0 Å². The number of hydrogen-bond acceptors (Lipinski definition) is 2. The van der Waals surface area contributed by atoms with Crippen molar-refractivity contribution in [1.29, 1.82) is 0 Å². The summed E-state index contributed by atoms with van der Waals surface area (Å²) in [5, 5.41) is 0. The summed E-state index contributed by atoms with van der Waals surface area (Å²) in [4.78, 5) is 0. The molecule has 0 fully saturated rings. The summed E-state index contributed by atoms with van der Waals surface area (Å²) in [6, 6.07) is 13.2. The summed E-state index contributed by atoms with van der Waals surface area (Å²) in [5.41, 5.74) is 8.99. The van der Waals surface area contributed by atoms with Crippen LogP contribution >= 0.6 is 0 Å². The van der Waals surface area contributed by atoms with Crippen LogP contribution in [0.5, 0.6) is 5.75 Å². The normalized spacial score (nSPS) is 21.4. The van der Waals surface area contributed by atoms with Gasteiger partial charge in [0.25, 0.3) is 0 Å². The highest BCUT2D eigenvalue weighted by Gasteiger charge is 2.34. The van der Waals surface area contributed by atoms with Gasteiger partial charge in [-0.1, -0.05) is 30.3 Å². The van der Waals surface area contributed by atoms with Gasteiger partial charge in [-0.2, -0.15) is 0 Å². The minimum Gasteiger partial charge on any atom is -0.497 e. The summed E-state index contributed by atoms with van der Waals surface area (Å²) in [7, 11) is 1.53. The molecule has 1 atom stereocenters. The second kappa shape index (κ2) is 4.91. The maximum Gasteiger partial charge on any atom is 0.131 e. The molecule has 0 radical (unpaired) electrons. The van der Waals surface area contributed by atoms with Gasteiger partial charge in [-0.3, -0.25) is 0 Å². The van der Waals surface area contributed by atoms with E-state index in [1.54, 1.807) is 12.1 Å². The Bertz CT molecular complexity index is 641. The molecule has 1 unspecified atom stereocenters. The molecule has 20 heavy (non-hydrogen) atoms. The molecule has 0 aromatic heterocycles. The Labute approximate surface area is 118 Å². The van der Waals surface area contributed by atoms with Gasteiger partial charge in [-0.15, -0.1) is 0 Å². The zero-order valence-corrected chi connectivity index (χ0v) is 11.5. The van der Waals surface area contributed by atoms with Gasteiger partial charge in [0.2, 0.25) is 0 Å². The van der Waals surface area contributed by atoms with Gasteiger partial charge >= 0.3 is 0 Å². The second-order valence-electron chi connectivity index (χ2n) is 5.45. The first kappa shape index (κ1) is 13.1. The van der Waals surface area contributed by atoms with Crippen molar-refractivity contribution in [1.82, 2.24) is 0 Å². The number of rotatable bonds is 2. The lowest BCUT2D eigenvalue weighted by Gasteiger charge is -2.35. The first-order chi connectivity index (χ1) is 9.62. The van der Waals surface area contributed by atoms with Gasteiger partial charge in [-0.25, -0.2) is 4.39 Å². The van der Waals surface area contributed by atoms with Crippen molar-refractivity contribution >= 4 is 0 Å². The monoisotopic (exact) mass is 271 g/mol. The molecular weight excluding hydrogens is 253 g/mol. The number of fused-ring (bicyclic) bond motifs is 1. The third kappa shape index (κ3) is 2.18. The van der Waals surface area contributed by atoms with Gasteiger partial charge in [0, 0.05) is 17.2 Å². The zero-order valence-electron chi connectivity index (χ0n) is 11.5. The van der Waals surface area contributed by atoms with E-state index in [1.807, 2.05) is 12.1 Å². The molecule has 0 amide bonds. The average molecular weight is 271 g/mol. The highest BCUT2D eigenvalue weighted by Crippen LogP contribution is 2.36. The van der Waals surface area contributed by atoms with E-state index in [1.165, 1.54) is 24.3 Å². The molecule has 0 bridgehead atoms. The molecule has 0 spiro atoms. The van der Waals surface area contributed by atoms with Crippen molar-refractivity contribution in [3.05, 3.63) is 65.0 Å². The molecule has 2 N–H and O–H groups in total. The highest BCUT2D eigenvalue weighted by atomic mass is 19.1. The molecule has 0 saturated heterocycles. The van der Waals surface area contributed by atoms with Gasteiger partial charge in [0.1, 0.15) is 11.6 Å². The minimum absolute atomic E-state index is 0.286. The topological polar surface area (TPSA) is 35.2 Å². The second-order valence-corrected chi connectivity index (χ2v) is 5.45. The van der Waals surface area contributed by atoms with Gasteiger partial charge < -0.3 is 10.5 Å². The van der Waals surface area contributed by atoms with Crippen LogP contribution in [0.3, 0.4) is 0 Å². The number of benzene rings is 2. The molecular formula is C17H18FNO. The van der Waals surface area contributed by atoms with E-state index in [0.29, 0.717) is 17.7 Å².